The molecule has 0 N–H and O–H groups in total. The molecule has 1 aliphatic carbocycles. The van der Waals surface area contributed by atoms with Crippen LogP contribution in [0.4, 0.5) is 17.1 Å². The topological polar surface area (TPSA) is 32.0 Å². The molecule has 0 unspecified atom stereocenters. The normalized spacial score (nSPS) is 12.5. The highest BCUT2D eigenvalue weighted by molar-refractivity contribution is 6.10. The molecule has 0 spiro atoms. The lowest BCUT2D eigenvalue weighted by Crippen LogP contribution is -2.28. The Balaban J connectivity index is 1.06. The molecule has 0 saturated heterocycles. The summed E-state index contributed by atoms with van der Waals surface area (Å²) in [5.74, 6) is 0. The zero-order valence-electron chi connectivity index (χ0n) is 32.2. The molecule has 0 radical (unpaired) electrons. The molecule has 0 bridgehead atoms. The van der Waals surface area contributed by atoms with E-state index in [0.717, 1.165) is 33.9 Å². The molecule has 9 aromatic carbocycles. The number of para-hydroxylation sites is 2. The minimum absolute atomic E-state index is 0.521. The van der Waals surface area contributed by atoms with E-state index in [1.54, 1.807) is 0 Å². The average molecular weight is 752 g/mol. The second kappa shape index (κ2) is 13.9. The zero-order valence-corrected chi connectivity index (χ0v) is 32.2. The van der Waals surface area contributed by atoms with Crippen LogP contribution in [0.1, 0.15) is 27.8 Å². The van der Waals surface area contributed by atoms with Gasteiger partial charge in [0, 0.05) is 33.5 Å². The maximum atomic E-state index is 9.72. The molecule has 3 nitrogen and oxygen atoms in total. The van der Waals surface area contributed by atoms with Crippen molar-refractivity contribution in [3.63, 3.8) is 0 Å². The monoisotopic (exact) mass is 751 g/mol. The number of nitrogens with zero attached hydrogens (tertiary/aromatic N) is 3. The number of benzene rings is 9. The van der Waals surface area contributed by atoms with Crippen LogP contribution in [0, 0.1) is 11.3 Å². The first-order chi connectivity index (χ1) is 29.2. The fraction of sp³-hybridized carbons (Fsp3) is 0.0179. The molecule has 1 aliphatic rings. The van der Waals surface area contributed by atoms with Crippen LogP contribution in [0.25, 0.3) is 49.7 Å². The zero-order chi connectivity index (χ0) is 39.3. The van der Waals surface area contributed by atoms with Gasteiger partial charge in [-0.05, 0) is 123 Å². The van der Waals surface area contributed by atoms with Gasteiger partial charge in [0.25, 0.3) is 0 Å². The van der Waals surface area contributed by atoms with Gasteiger partial charge in [0.05, 0.1) is 28.1 Å². The van der Waals surface area contributed by atoms with E-state index in [4.69, 9.17) is 0 Å². The highest BCUT2D eigenvalue weighted by atomic mass is 15.1. The Bertz CT molecular complexity index is 3150. The molecule has 0 fully saturated rings. The first-order valence-electron chi connectivity index (χ1n) is 20.1. The van der Waals surface area contributed by atoms with Crippen LogP contribution in [0.15, 0.2) is 224 Å². The molecule has 276 valence electrons. The maximum Gasteiger partial charge on any atom is 0.0991 e. The van der Waals surface area contributed by atoms with Crippen molar-refractivity contribution in [2.75, 3.05) is 4.90 Å². The summed E-state index contributed by atoms with van der Waals surface area (Å²) >= 11 is 0. The summed E-state index contributed by atoms with van der Waals surface area (Å²) < 4.78 is 2.35. The lowest BCUT2D eigenvalue weighted by atomic mass is 9.67. The standard InChI is InChI=1S/C56H37N3/c57-38-39-24-29-45(30-25-39)58(46-31-26-40(27-32-46)41-28-35-55-51(36-41)50-21-11-13-23-54(50)59(55)44-18-8-3-9-19-44)47-33-34-49-48-20-10-12-22-52(48)56(53(49)37-47,42-14-4-1-5-15-42)43-16-6-2-7-17-43/h1-37H. The fourth-order valence-electron chi connectivity index (χ4n) is 9.51. The lowest BCUT2D eigenvalue weighted by Gasteiger charge is -2.35. The van der Waals surface area contributed by atoms with Crippen LogP contribution in [-0.4, -0.2) is 4.57 Å². The van der Waals surface area contributed by atoms with Crippen molar-refractivity contribution in [1.29, 1.82) is 5.26 Å². The Morgan fingerprint density at radius 2 is 0.949 bits per heavy atom. The maximum absolute atomic E-state index is 9.72. The van der Waals surface area contributed by atoms with Crippen LogP contribution in [0.5, 0.6) is 0 Å². The quantitative estimate of drug-likeness (QED) is 0.162. The molecule has 0 aliphatic heterocycles. The summed E-state index contributed by atoms with van der Waals surface area (Å²) in [7, 11) is 0. The van der Waals surface area contributed by atoms with Crippen molar-refractivity contribution in [3.05, 3.63) is 252 Å². The molecule has 0 amide bonds. The van der Waals surface area contributed by atoms with Gasteiger partial charge in [0.1, 0.15) is 0 Å². The van der Waals surface area contributed by atoms with Gasteiger partial charge < -0.3 is 9.47 Å². The minimum Gasteiger partial charge on any atom is -0.310 e. The smallest absolute Gasteiger partial charge is 0.0991 e. The van der Waals surface area contributed by atoms with Gasteiger partial charge in [-0.15, -0.1) is 0 Å². The Morgan fingerprint density at radius 3 is 1.64 bits per heavy atom. The van der Waals surface area contributed by atoms with Crippen LogP contribution in [0.3, 0.4) is 0 Å². The van der Waals surface area contributed by atoms with E-state index in [0.29, 0.717) is 5.56 Å². The molecule has 1 aromatic heterocycles. The molecule has 0 atom stereocenters. The molecule has 10 aromatic rings. The van der Waals surface area contributed by atoms with Crippen molar-refractivity contribution in [1.82, 2.24) is 4.57 Å². The average Bonchev–Trinajstić information content (AvgIpc) is 3.80. The summed E-state index contributed by atoms with van der Waals surface area (Å²) in [4.78, 5) is 2.31. The van der Waals surface area contributed by atoms with E-state index in [2.05, 4.69) is 216 Å². The predicted molar refractivity (Wildman–Crippen MR) is 243 cm³/mol. The van der Waals surface area contributed by atoms with Gasteiger partial charge in [-0.3, -0.25) is 0 Å². The Morgan fingerprint density at radius 1 is 0.407 bits per heavy atom. The molecule has 0 saturated carbocycles. The first-order valence-corrected chi connectivity index (χ1v) is 20.1. The lowest BCUT2D eigenvalue weighted by molar-refractivity contribution is 0.768. The number of fused-ring (bicyclic) bond motifs is 6. The Kier molecular flexibility index (Phi) is 8.10. The molecule has 59 heavy (non-hydrogen) atoms. The highest BCUT2D eigenvalue weighted by Crippen LogP contribution is 2.57. The summed E-state index contributed by atoms with van der Waals surface area (Å²) in [5, 5.41) is 12.2. The van der Waals surface area contributed by atoms with E-state index >= 15 is 0 Å². The van der Waals surface area contributed by atoms with Gasteiger partial charge in [-0.1, -0.05) is 146 Å². The molecule has 1 heterocycles. The third-order valence-corrected chi connectivity index (χ3v) is 12.1. The van der Waals surface area contributed by atoms with Gasteiger partial charge in [-0.2, -0.15) is 5.26 Å². The van der Waals surface area contributed by atoms with Crippen molar-refractivity contribution in [3.8, 4) is 34.0 Å². The number of hydrogen-bond acceptors (Lipinski definition) is 2. The molecule has 11 rings (SSSR count). The molecule has 3 heteroatoms. The summed E-state index contributed by atoms with van der Waals surface area (Å²) in [6, 6.07) is 82.8. The van der Waals surface area contributed by atoms with E-state index in [9.17, 15) is 5.26 Å². The number of hydrogen-bond donors (Lipinski definition) is 0. The van der Waals surface area contributed by atoms with Crippen molar-refractivity contribution < 1.29 is 0 Å². The number of anilines is 3. The second-order valence-corrected chi connectivity index (χ2v) is 15.2. The van der Waals surface area contributed by atoms with Crippen molar-refractivity contribution in [2.45, 2.75) is 5.41 Å². The van der Waals surface area contributed by atoms with E-state index in [-0.39, 0.29) is 0 Å². The molecular weight excluding hydrogens is 715 g/mol. The third kappa shape index (κ3) is 5.42. The van der Waals surface area contributed by atoms with Crippen molar-refractivity contribution >= 4 is 38.9 Å². The first kappa shape index (κ1) is 34.3. The predicted octanol–water partition coefficient (Wildman–Crippen LogP) is 14.2. The van der Waals surface area contributed by atoms with Crippen LogP contribution >= 0.6 is 0 Å². The Hall–Kier alpha value is -7.93. The van der Waals surface area contributed by atoms with Crippen LogP contribution < -0.4 is 4.90 Å². The molecular formula is C56H37N3. The Labute approximate surface area is 343 Å². The second-order valence-electron chi connectivity index (χ2n) is 15.2. The van der Waals surface area contributed by atoms with Gasteiger partial charge in [0.15, 0.2) is 0 Å². The van der Waals surface area contributed by atoms with Gasteiger partial charge in [0.2, 0.25) is 0 Å². The summed E-state index contributed by atoms with van der Waals surface area (Å²) in [6.07, 6.45) is 0. The van der Waals surface area contributed by atoms with E-state index < -0.39 is 5.41 Å². The third-order valence-electron chi connectivity index (χ3n) is 12.1. The van der Waals surface area contributed by atoms with Crippen LogP contribution in [-0.2, 0) is 5.41 Å². The number of nitriles is 1. The summed E-state index contributed by atoms with van der Waals surface area (Å²) in [6.45, 7) is 0. The largest absolute Gasteiger partial charge is 0.310 e. The van der Waals surface area contributed by atoms with Gasteiger partial charge >= 0.3 is 0 Å². The summed E-state index contributed by atoms with van der Waals surface area (Å²) in [5.41, 5.74) is 16.5. The fourth-order valence-corrected chi connectivity index (χ4v) is 9.51. The van der Waals surface area contributed by atoms with E-state index in [1.807, 2.05) is 24.3 Å². The van der Waals surface area contributed by atoms with Crippen molar-refractivity contribution in [2.24, 2.45) is 0 Å². The number of rotatable bonds is 7. The SMILES string of the molecule is N#Cc1ccc(N(c2ccc(-c3ccc4c(c3)c3ccccc3n4-c3ccccc3)cc2)c2ccc3c(c2)C(c2ccccc2)(c2ccccc2)c2ccccc2-3)cc1. The number of aromatic nitrogens is 1. The highest BCUT2D eigenvalue weighted by Gasteiger charge is 2.46. The van der Waals surface area contributed by atoms with Crippen LogP contribution in [0.2, 0.25) is 0 Å². The van der Waals surface area contributed by atoms with Gasteiger partial charge in [-0.25, -0.2) is 0 Å². The van der Waals surface area contributed by atoms with E-state index in [1.165, 1.54) is 55.2 Å². The minimum atomic E-state index is -0.521.